The van der Waals surface area contributed by atoms with Crippen LogP contribution in [-0.2, 0) is 6.54 Å². The number of hydrogen-bond donors (Lipinski definition) is 1. The van der Waals surface area contributed by atoms with Gasteiger partial charge in [-0.2, -0.15) is 0 Å². The summed E-state index contributed by atoms with van der Waals surface area (Å²) in [5.41, 5.74) is 2.11. The first-order chi connectivity index (χ1) is 9.21. The third-order valence-corrected chi connectivity index (χ3v) is 2.80. The minimum absolute atomic E-state index is 0.106. The van der Waals surface area contributed by atoms with Gasteiger partial charge in [-0.05, 0) is 38.2 Å². The van der Waals surface area contributed by atoms with Crippen LogP contribution in [-0.4, -0.2) is 37.3 Å². The molecular weight excluding hydrogens is 238 g/mol. The monoisotopic (exact) mass is 261 g/mol. The van der Waals surface area contributed by atoms with E-state index in [-0.39, 0.29) is 6.61 Å². The van der Waals surface area contributed by atoms with E-state index >= 15 is 0 Å². The lowest BCUT2D eigenvalue weighted by Gasteiger charge is -2.17. The minimum Gasteiger partial charge on any atom is -0.496 e. The molecule has 1 aromatic carbocycles. The molecule has 0 amide bonds. The van der Waals surface area contributed by atoms with Crippen LogP contribution in [0, 0.1) is 11.8 Å². The summed E-state index contributed by atoms with van der Waals surface area (Å²) in [5.74, 6) is 6.90. The number of nitrogens with zero attached hydrogens (tertiary/aromatic N) is 1. The Kier molecular flexibility index (Phi) is 7.02. The topological polar surface area (TPSA) is 32.7 Å². The van der Waals surface area contributed by atoms with Crippen molar-refractivity contribution in [1.29, 1.82) is 0 Å². The average molecular weight is 261 g/mol. The first-order valence-corrected chi connectivity index (χ1v) is 6.66. The van der Waals surface area contributed by atoms with Crippen LogP contribution in [0.3, 0.4) is 0 Å². The van der Waals surface area contributed by atoms with E-state index in [0.717, 1.165) is 36.4 Å². The average Bonchev–Trinajstić information content (AvgIpc) is 2.39. The van der Waals surface area contributed by atoms with Crippen LogP contribution in [0.4, 0.5) is 0 Å². The number of ether oxygens (including phenoxy) is 1. The summed E-state index contributed by atoms with van der Waals surface area (Å²) in [5, 5.41) is 8.73. The summed E-state index contributed by atoms with van der Waals surface area (Å²) in [6.07, 6.45) is 1.64. The molecule has 104 valence electrons. The summed E-state index contributed by atoms with van der Waals surface area (Å²) in [6, 6.07) is 5.97. The fourth-order valence-electron chi connectivity index (χ4n) is 1.95. The van der Waals surface area contributed by atoms with Crippen molar-refractivity contribution in [3.63, 3.8) is 0 Å². The van der Waals surface area contributed by atoms with Crippen molar-refractivity contribution in [1.82, 2.24) is 4.90 Å². The molecule has 0 unspecified atom stereocenters. The molecule has 0 saturated heterocycles. The molecule has 0 aromatic heterocycles. The number of aliphatic hydroxyl groups is 1. The maximum absolute atomic E-state index is 8.73. The van der Waals surface area contributed by atoms with Gasteiger partial charge in [-0.3, -0.25) is 0 Å². The molecular formula is C16H23NO2. The highest BCUT2D eigenvalue weighted by Crippen LogP contribution is 2.21. The van der Waals surface area contributed by atoms with Gasteiger partial charge in [0.25, 0.3) is 0 Å². The molecule has 0 radical (unpaired) electrons. The summed E-state index contributed by atoms with van der Waals surface area (Å²) < 4.78 is 5.39. The summed E-state index contributed by atoms with van der Waals surface area (Å²) in [6.45, 7) is 4.19. The van der Waals surface area contributed by atoms with E-state index in [1.807, 2.05) is 12.1 Å². The number of benzene rings is 1. The fraction of sp³-hybridized carbons (Fsp3) is 0.500. The number of rotatable bonds is 6. The summed E-state index contributed by atoms with van der Waals surface area (Å²) in [4.78, 5) is 2.27. The van der Waals surface area contributed by atoms with Crippen molar-refractivity contribution < 1.29 is 9.84 Å². The van der Waals surface area contributed by atoms with E-state index in [9.17, 15) is 0 Å². The predicted molar refractivity (Wildman–Crippen MR) is 78.2 cm³/mol. The van der Waals surface area contributed by atoms with Crippen LogP contribution in [0.2, 0.25) is 0 Å². The van der Waals surface area contributed by atoms with Gasteiger partial charge >= 0.3 is 0 Å². The van der Waals surface area contributed by atoms with Gasteiger partial charge in [0.15, 0.2) is 0 Å². The van der Waals surface area contributed by atoms with Gasteiger partial charge in [-0.25, -0.2) is 0 Å². The second-order valence-corrected chi connectivity index (χ2v) is 4.54. The van der Waals surface area contributed by atoms with Crippen LogP contribution in [0.1, 0.15) is 30.9 Å². The zero-order valence-electron chi connectivity index (χ0n) is 12.1. The van der Waals surface area contributed by atoms with Gasteiger partial charge in [-0.15, -0.1) is 0 Å². The molecule has 0 saturated carbocycles. The second-order valence-electron chi connectivity index (χ2n) is 4.54. The van der Waals surface area contributed by atoms with Crippen LogP contribution < -0.4 is 4.74 Å². The van der Waals surface area contributed by atoms with E-state index in [1.54, 1.807) is 7.11 Å². The van der Waals surface area contributed by atoms with Crippen molar-refractivity contribution in [2.45, 2.75) is 26.3 Å². The highest BCUT2D eigenvalue weighted by Gasteiger charge is 2.06. The Hall–Kier alpha value is -1.50. The van der Waals surface area contributed by atoms with E-state index in [1.165, 1.54) is 0 Å². The molecule has 0 atom stereocenters. The normalized spacial score (nSPS) is 10.2. The molecule has 19 heavy (non-hydrogen) atoms. The third-order valence-electron chi connectivity index (χ3n) is 2.80. The lowest BCUT2D eigenvalue weighted by Crippen LogP contribution is -2.18. The van der Waals surface area contributed by atoms with Gasteiger partial charge in [0.1, 0.15) is 5.75 Å². The lowest BCUT2D eigenvalue weighted by atomic mass is 10.1. The molecule has 0 aliphatic carbocycles. The Morgan fingerprint density at radius 2 is 2.16 bits per heavy atom. The highest BCUT2D eigenvalue weighted by molar-refractivity contribution is 5.44. The molecule has 3 nitrogen and oxygen atoms in total. The van der Waals surface area contributed by atoms with Crippen LogP contribution in [0.15, 0.2) is 18.2 Å². The molecule has 0 aliphatic rings. The van der Waals surface area contributed by atoms with Gasteiger partial charge in [0, 0.05) is 24.1 Å². The highest BCUT2D eigenvalue weighted by atomic mass is 16.5. The zero-order chi connectivity index (χ0) is 14.1. The van der Waals surface area contributed by atoms with Crippen molar-refractivity contribution in [3.8, 4) is 17.6 Å². The molecule has 0 heterocycles. The molecule has 1 aromatic rings. The smallest absolute Gasteiger partial charge is 0.123 e. The molecule has 0 bridgehead atoms. The Morgan fingerprint density at radius 3 is 2.79 bits per heavy atom. The largest absolute Gasteiger partial charge is 0.496 e. The number of hydrogen-bond acceptors (Lipinski definition) is 3. The van der Waals surface area contributed by atoms with Gasteiger partial charge in [0.2, 0.25) is 0 Å². The van der Waals surface area contributed by atoms with Gasteiger partial charge in [-0.1, -0.05) is 18.8 Å². The van der Waals surface area contributed by atoms with Crippen molar-refractivity contribution in [3.05, 3.63) is 29.3 Å². The van der Waals surface area contributed by atoms with Crippen molar-refractivity contribution in [2.24, 2.45) is 0 Å². The standard InChI is InChI=1S/C16H23NO2/c1-4-10-17(2)13-15-12-14(7-5-6-11-18)8-9-16(15)19-3/h8-9,12,18H,4,6,10-11,13H2,1-3H3. The minimum atomic E-state index is 0.106. The third kappa shape index (κ3) is 5.34. The van der Waals surface area contributed by atoms with Crippen molar-refractivity contribution >= 4 is 0 Å². The van der Waals surface area contributed by atoms with E-state index in [0.29, 0.717) is 6.42 Å². The van der Waals surface area contributed by atoms with Crippen LogP contribution in [0.25, 0.3) is 0 Å². The number of methoxy groups -OCH3 is 1. The van der Waals surface area contributed by atoms with E-state index < -0.39 is 0 Å². The molecule has 0 aliphatic heterocycles. The summed E-state index contributed by atoms with van der Waals surface area (Å²) >= 11 is 0. The van der Waals surface area contributed by atoms with Crippen LogP contribution in [0.5, 0.6) is 5.75 Å². The maximum Gasteiger partial charge on any atom is 0.123 e. The van der Waals surface area contributed by atoms with Crippen LogP contribution >= 0.6 is 0 Å². The maximum atomic E-state index is 8.73. The SMILES string of the molecule is CCCN(C)Cc1cc(C#CCCO)ccc1OC. The molecule has 0 spiro atoms. The van der Waals surface area contributed by atoms with Gasteiger partial charge < -0.3 is 14.7 Å². The number of aliphatic hydroxyl groups excluding tert-OH is 1. The molecule has 1 N–H and O–H groups in total. The second kappa shape index (κ2) is 8.58. The molecule has 0 fully saturated rings. The first kappa shape index (κ1) is 15.6. The lowest BCUT2D eigenvalue weighted by molar-refractivity contribution is 0.305. The Morgan fingerprint density at radius 1 is 1.37 bits per heavy atom. The zero-order valence-corrected chi connectivity index (χ0v) is 12.1. The fourth-order valence-corrected chi connectivity index (χ4v) is 1.95. The molecule has 1 rings (SSSR count). The predicted octanol–water partition coefficient (Wildman–Crippen LogP) is 2.27. The van der Waals surface area contributed by atoms with E-state index in [2.05, 4.69) is 36.8 Å². The summed E-state index contributed by atoms with van der Waals surface area (Å²) in [7, 11) is 3.79. The van der Waals surface area contributed by atoms with Crippen molar-refractivity contribution in [2.75, 3.05) is 27.3 Å². The quantitative estimate of drug-likeness (QED) is 0.797. The van der Waals surface area contributed by atoms with E-state index in [4.69, 9.17) is 9.84 Å². The van der Waals surface area contributed by atoms with Gasteiger partial charge in [0.05, 0.1) is 13.7 Å². The first-order valence-electron chi connectivity index (χ1n) is 6.66. The Bertz CT molecular complexity index is 446. The Balaban J connectivity index is 2.87. The molecule has 3 heteroatoms. The Labute approximate surface area is 116 Å².